The van der Waals surface area contributed by atoms with Crippen LogP contribution in [0.5, 0.6) is 0 Å². The molecule has 1 aliphatic heterocycles. The predicted molar refractivity (Wildman–Crippen MR) is 87.4 cm³/mol. The number of halogens is 2. The Bertz CT molecular complexity index is 602. The number of amides is 2. The Morgan fingerprint density at radius 2 is 2.04 bits per heavy atom. The van der Waals surface area contributed by atoms with E-state index in [4.69, 9.17) is 0 Å². The van der Waals surface area contributed by atoms with Crippen molar-refractivity contribution < 1.29 is 18.4 Å². The summed E-state index contributed by atoms with van der Waals surface area (Å²) in [5, 5.41) is 2.64. The van der Waals surface area contributed by atoms with Gasteiger partial charge in [0.25, 0.3) is 6.43 Å². The van der Waals surface area contributed by atoms with Crippen molar-refractivity contribution in [3.05, 3.63) is 29.8 Å². The van der Waals surface area contributed by atoms with Crippen molar-refractivity contribution in [3.8, 4) is 0 Å². The minimum atomic E-state index is -2.59. The van der Waals surface area contributed by atoms with Gasteiger partial charge in [-0.15, -0.1) is 11.8 Å². The molecule has 7 heteroatoms. The lowest BCUT2D eigenvalue weighted by atomic mass is 9.94. The molecule has 0 radical (unpaired) electrons. The summed E-state index contributed by atoms with van der Waals surface area (Å²) in [4.78, 5) is 26.4. The summed E-state index contributed by atoms with van der Waals surface area (Å²) in [6.45, 7) is 5.41. The van der Waals surface area contributed by atoms with Crippen LogP contribution in [0.2, 0.25) is 0 Å². The van der Waals surface area contributed by atoms with E-state index in [2.05, 4.69) is 5.32 Å². The highest BCUT2D eigenvalue weighted by Gasteiger charge is 2.39. The number of hydrogen-bond acceptors (Lipinski definition) is 3. The minimum Gasteiger partial charge on any atom is -0.324 e. The van der Waals surface area contributed by atoms with Crippen LogP contribution in [0.3, 0.4) is 0 Å². The van der Waals surface area contributed by atoms with Crippen molar-refractivity contribution in [1.29, 1.82) is 0 Å². The topological polar surface area (TPSA) is 49.4 Å². The van der Waals surface area contributed by atoms with Crippen molar-refractivity contribution in [1.82, 2.24) is 4.90 Å². The molecule has 23 heavy (non-hydrogen) atoms. The van der Waals surface area contributed by atoms with Gasteiger partial charge in [-0.3, -0.25) is 9.59 Å². The van der Waals surface area contributed by atoms with Gasteiger partial charge in [0.2, 0.25) is 11.8 Å². The lowest BCUT2D eigenvalue weighted by Crippen LogP contribution is -2.48. The Morgan fingerprint density at radius 1 is 1.35 bits per heavy atom. The normalized spacial score (nSPS) is 18.3. The van der Waals surface area contributed by atoms with Gasteiger partial charge >= 0.3 is 0 Å². The number of carbonyl (C=O) groups is 2. The van der Waals surface area contributed by atoms with Crippen molar-refractivity contribution in [3.63, 3.8) is 0 Å². The van der Waals surface area contributed by atoms with E-state index in [9.17, 15) is 18.4 Å². The number of hydrogen-bond donors (Lipinski definition) is 1. The number of benzene rings is 1. The van der Waals surface area contributed by atoms with Crippen LogP contribution >= 0.6 is 11.8 Å². The second kappa shape index (κ2) is 6.86. The number of nitrogens with zero attached hydrogens (tertiary/aromatic N) is 1. The highest BCUT2D eigenvalue weighted by molar-refractivity contribution is 7.99. The van der Waals surface area contributed by atoms with E-state index in [1.165, 1.54) is 30.0 Å². The van der Waals surface area contributed by atoms with E-state index >= 15 is 0 Å². The second-order valence-corrected chi connectivity index (χ2v) is 7.46. The van der Waals surface area contributed by atoms with E-state index < -0.39 is 17.9 Å². The van der Waals surface area contributed by atoms with Crippen molar-refractivity contribution in [2.75, 3.05) is 16.9 Å². The summed E-state index contributed by atoms with van der Waals surface area (Å²) in [5.41, 5.74) is -0.405. The van der Waals surface area contributed by atoms with Crippen molar-refractivity contribution in [2.45, 2.75) is 33.2 Å². The van der Waals surface area contributed by atoms with E-state index in [1.807, 2.05) is 0 Å². The lowest BCUT2D eigenvalue weighted by molar-refractivity contribution is -0.143. The van der Waals surface area contributed by atoms with E-state index in [-0.39, 0.29) is 17.4 Å². The first-order chi connectivity index (χ1) is 10.7. The van der Waals surface area contributed by atoms with Crippen LogP contribution in [-0.2, 0) is 9.59 Å². The lowest BCUT2D eigenvalue weighted by Gasteiger charge is -2.29. The fraction of sp³-hybridized carbons (Fsp3) is 0.500. The van der Waals surface area contributed by atoms with Gasteiger partial charge in [0, 0.05) is 22.4 Å². The Hall–Kier alpha value is -1.63. The first-order valence-corrected chi connectivity index (χ1v) is 8.43. The quantitative estimate of drug-likeness (QED) is 0.914. The van der Waals surface area contributed by atoms with Gasteiger partial charge in [-0.2, -0.15) is 0 Å². The zero-order valence-corrected chi connectivity index (χ0v) is 14.1. The zero-order valence-electron chi connectivity index (χ0n) is 13.3. The standard InChI is InChI=1S/C16H20F2N2O2S/c1-16(2,3)15(22)20-9-23-8-12(20)14(21)19-11-6-4-5-10(7-11)13(17)18/h4-7,12-13H,8-9H2,1-3H3,(H,19,21). The molecule has 1 aromatic rings. The molecule has 2 rings (SSSR count). The largest absolute Gasteiger partial charge is 0.324 e. The van der Waals surface area contributed by atoms with Crippen LogP contribution in [-0.4, -0.2) is 34.4 Å². The molecule has 0 aromatic heterocycles. The summed E-state index contributed by atoms with van der Waals surface area (Å²) >= 11 is 1.51. The molecular weight excluding hydrogens is 322 g/mol. The maximum atomic E-state index is 12.7. The summed E-state index contributed by atoms with van der Waals surface area (Å²) < 4.78 is 25.4. The predicted octanol–water partition coefficient (Wildman–Crippen LogP) is 3.51. The molecule has 126 valence electrons. The number of nitrogens with one attached hydrogen (secondary N) is 1. The van der Waals surface area contributed by atoms with Gasteiger partial charge in [-0.05, 0) is 12.1 Å². The average Bonchev–Trinajstić information content (AvgIpc) is 2.95. The van der Waals surface area contributed by atoms with E-state index in [0.29, 0.717) is 17.3 Å². The van der Waals surface area contributed by atoms with Crippen LogP contribution in [0.1, 0.15) is 32.8 Å². The summed E-state index contributed by atoms with van der Waals surface area (Å²) in [7, 11) is 0. The smallest absolute Gasteiger partial charge is 0.263 e. The third-order valence-electron chi connectivity index (χ3n) is 3.49. The van der Waals surface area contributed by atoms with Gasteiger partial charge in [-0.1, -0.05) is 32.9 Å². The monoisotopic (exact) mass is 342 g/mol. The Labute approximate surface area is 138 Å². The molecule has 0 aliphatic carbocycles. The van der Waals surface area contributed by atoms with Crippen LogP contribution in [0.15, 0.2) is 24.3 Å². The summed E-state index contributed by atoms with van der Waals surface area (Å²) in [6.07, 6.45) is -2.59. The number of anilines is 1. The first kappa shape index (κ1) is 17.7. The number of carbonyl (C=O) groups excluding carboxylic acids is 2. The highest BCUT2D eigenvalue weighted by atomic mass is 32.2. The fourth-order valence-electron chi connectivity index (χ4n) is 2.27. The van der Waals surface area contributed by atoms with Crippen LogP contribution in [0.4, 0.5) is 14.5 Å². The van der Waals surface area contributed by atoms with Gasteiger partial charge in [0.1, 0.15) is 6.04 Å². The number of thioether (sulfide) groups is 1. The summed E-state index contributed by atoms with van der Waals surface area (Å²) in [6, 6.07) is 5.00. The van der Waals surface area contributed by atoms with Gasteiger partial charge in [0.15, 0.2) is 0 Å². The second-order valence-electron chi connectivity index (χ2n) is 6.46. The van der Waals surface area contributed by atoms with Gasteiger partial charge in [0.05, 0.1) is 5.88 Å². The first-order valence-electron chi connectivity index (χ1n) is 7.28. The van der Waals surface area contributed by atoms with E-state index in [0.717, 1.165) is 0 Å². The molecule has 1 aromatic carbocycles. The van der Waals surface area contributed by atoms with Crippen LogP contribution < -0.4 is 5.32 Å². The SMILES string of the molecule is CC(C)(C)C(=O)N1CSCC1C(=O)Nc1cccc(C(F)F)c1. The maximum Gasteiger partial charge on any atom is 0.263 e. The molecule has 1 N–H and O–H groups in total. The number of rotatable bonds is 3. The van der Waals surface area contributed by atoms with Crippen molar-refractivity contribution in [2.24, 2.45) is 5.41 Å². The Morgan fingerprint density at radius 3 is 2.65 bits per heavy atom. The zero-order chi connectivity index (χ0) is 17.2. The molecule has 0 bridgehead atoms. The molecule has 0 spiro atoms. The van der Waals surface area contributed by atoms with Gasteiger partial charge < -0.3 is 10.2 Å². The van der Waals surface area contributed by atoms with Crippen LogP contribution in [0, 0.1) is 5.41 Å². The van der Waals surface area contributed by atoms with Crippen molar-refractivity contribution >= 4 is 29.3 Å². The maximum absolute atomic E-state index is 12.7. The molecule has 1 unspecified atom stereocenters. The minimum absolute atomic E-state index is 0.0935. The molecular formula is C16H20F2N2O2S. The molecule has 1 fully saturated rings. The fourth-order valence-corrected chi connectivity index (χ4v) is 3.42. The van der Waals surface area contributed by atoms with Crippen LogP contribution in [0.25, 0.3) is 0 Å². The highest BCUT2D eigenvalue weighted by Crippen LogP contribution is 2.28. The van der Waals surface area contributed by atoms with Gasteiger partial charge in [-0.25, -0.2) is 8.78 Å². The molecule has 2 amide bonds. The third-order valence-corrected chi connectivity index (χ3v) is 4.51. The molecule has 1 heterocycles. The average molecular weight is 342 g/mol. The molecule has 1 atom stereocenters. The third kappa shape index (κ3) is 4.22. The molecule has 1 aliphatic rings. The van der Waals surface area contributed by atoms with E-state index in [1.54, 1.807) is 31.7 Å². The summed E-state index contributed by atoms with van der Waals surface area (Å²) in [5.74, 6) is 0.524. The number of alkyl halides is 2. The molecule has 4 nitrogen and oxygen atoms in total. The Balaban J connectivity index is 2.11. The molecule has 0 saturated carbocycles. The Kier molecular flexibility index (Phi) is 5.29. The molecule has 1 saturated heterocycles.